The minimum Gasteiger partial charge on any atom is -0.311 e. The van der Waals surface area contributed by atoms with Gasteiger partial charge in [-0.25, -0.2) is 4.39 Å². The first-order valence-corrected chi connectivity index (χ1v) is 8.91. The van der Waals surface area contributed by atoms with Gasteiger partial charge in [0.05, 0.1) is 5.41 Å². The fourth-order valence-corrected chi connectivity index (χ4v) is 4.34. The van der Waals surface area contributed by atoms with E-state index in [-0.39, 0.29) is 11.7 Å². The van der Waals surface area contributed by atoms with Crippen molar-refractivity contribution in [2.24, 2.45) is 5.41 Å². The molecule has 126 valence electrons. The Morgan fingerprint density at radius 1 is 1.22 bits per heavy atom. The number of carbonyl (C=O) groups excluding carboxylic acids is 1. The average Bonchev–Trinajstić information content (AvgIpc) is 2.52. The van der Waals surface area contributed by atoms with Crippen molar-refractivity contribution in [1.29, 1.82) is 0 Å². The molecule has 0 unspecified atom stereocenters. The average molecular weight is 341 g/mol. The number of nitrogens with zero attached hydrogens (tertiary/aromatic N) is 3. The van der Waals surface area contributed by atoms with Gasteiger partial charge in [-0.05, 0) is 31.0 Å². The maximum atomic E-state index is 13.3. The maximum Gasteiger partial charge on any atom is 0.281 e. The summed E-state index contributed by atoms with van der Waals surface area (Å²) in [7, 11) is -0.431. The van der Waals surface area contributed by atoms with Crippen molar-refractivity contribution < 1.29 is 17.6 Å². The van der Waals surface area contributed by atoms with Gasteiger partial charge in [-0.15, -0.1) is 0 Å². The number of β-lactam (4-membered cyclic amide) rings is 1. The van der Waals surface area contributed by atoms with E-state index in [4.69, 9.17) is 0 Å². The highest BCUT2D eigenvalue weighted by Crippen LogP contribution is 2.44. The van der Waals surface area contributed by atoms with Crippen LogP contribution in [0.3, 0.4) is 0 Å². The first-order chi connectivity index (χ1) is 10.8. The molecule has 6 nitrogen and oxygen atoms in total. The molecule has 0 bridgehead atoms. The van der Waals surface area contributed by atoms with Crippen molar-refractivity contribution in [2.45, 2.75) is 12.8 Å². The zero-order chi connectivity index (χ0) is 16.8. The van der Waals surface area contributed by atoms with Gasteiger partial charge in [-0.1, -0.05) is 6.07 Å². The number of benzene rings is 1. The van der Waals surface area contributed by atoms with E-state index in [0.717, 1.165) is 0 Å². The van der Waals surface area contributed by atoms with Crippen LogP contribution in [0.1, 0.15) is 12.8 Å². The lowest BCUT2D eigenvalue weighted by atomic mass is 9.71. The van der Waals surface area contributed by atoms with Gasteiger partial charge in [0.2, 0.25) is 5.91 Å². The van der Waals surface area contributed by atoms with Crippen LogP contribution in [-0.2, 0) is 15.0 Å². The van der Waals surface area contributed by atoms with Crippen LogP contribution in [0.5, 0.6) is 0 Å². The number of amides is 1. The maximum absolute atomic E-state index is 13.3. The Morgan fingerprint density at radius 2 is 1.87 bits per heavy atom. The van der Waals surface area contributed by atoms with E-state index >= 15 is 0 Å². The van der Waals surface area contributed by atoms with Crippen LogP contribution in [0.25, 0.3) is 0 Å². The molecule has 3 rings (SSSR count). The summed E-state index contributed by atoms with van der Waals surface area (Å²) in [4.78, 5) is 14.1. The Hall–Kier alpha value is -1.51. The second kappa shape index (κ2) is 5.54. The molecule has 2 heterocycles. The van der Waals surface area contributed by atoms with Gasteiger partial charge in [0.25, 0.3) is 10.2 Å². The number of piperidine rings is 1. The third kappa shape index (κ3) is 2.64. The van der Waals surface area contributed by atoms with Crippen molar-refractivity contribution >= 4 is 21.8 Å². The molecular weight excluding hydrogens is 321 g/mol. The Morgan fingerprint density at radius 3 is 2.39 bits per heavy atom. The highest BCUT2D eigenvalue weighted by atomic mass is 32.2. The minimum absolute atomic E-state index is 0.0370. The van der Waals surface area contributed by atoms with Gasteiger partial charge >= 0.3 is 0 Å². The van der Waals surface area contributed by atoms with Crippen LogP contribution < -0.4 is 4.90 Å². The number of halogens is 1. The monoisotopic (exact) mass is 341 g/mol. The fraction of sp³-hybridized carbons (Fsp3) is 0.533. The molecule has 23 heavy (non-hydrogen) atoms. The van der Waals surface area contributed by atoms with Crippen LogP contribution in [0.4, 0.5) is 10.1 Å². The molecule has 2 aliphatic rings. The largest absolute Gasteiger partial charge is 0.311 e. The van der Waals surface area contributed by atoms with Crippen molar-refractivity contribution in [1.82, 2.24) is 8.61 Å². The summed E-state index contributed by atoms with van der Waals surface area (Å²) in [6.45, 7) is 1.19. The molecule has 1 aromatic rings. The van der Waals surface area contributed by atoms with Crippen LogP contribution in [0, 0.1) is 11.2 Å². The molecule has 0 aliphatic carbocycles. The zero-order valence-electron chi connectivity index (χ0n) is 13.2. The van der Waals surface area contributed by atoms with E-state index in [1.165, 1.54) is 34.8 Å². The Labute approximate surface area is 135 Å². The van der Waals surface area contributed by atoms with Gasteiger partial charge in [0.15, 0.2) is 0 Å². The van der Waals surface area contributed by atoms with E-state index in [1.807, 2.05) is 0 Å². The second-order valence-electron chi connectivity index (χ2n) is 6.34. The summed E-state index contributed by atoms with van der Waals surface area (Å²) in [6.07, 6.45) is 1.01. The van der Waals surface area contributed by atoms with E-state index in [1.54, 1.807) is 17.0 Å². The van der Waals surface area contributed by atoms with E-state index in [2.05, 4.69) is 0 Å². The normalized spacial score (nSPS) is 21.7. The van der Waals surface area contributed by atoms with Crippen LogP contribution in [0.15, 0.2) is 24.3 Å². The number of rotatable bonds is 3. The molecule has 8 heteroatoms. The van der Waals surface area contributed by atoms with Gasteiger partial charge in [0.1, 0.15) is 5.82 Å². The molecule has 2 saturated heterocycles. The summed E-state index contributed by atoms with van der Waals surface area (Å²) in [6, 6.07) is 5.97. The summed E-state index contributed by atoms with van der Waals surface area (Å²) in [5, 5.41) is 0. The molecule has 0 atom stereocenters. The van der Waals surface area contributed by atoms with Crippen LogP contribution in [-0.4, -0.2) is 56.7 Å². The lowest BCUT2D eigenvalue weighted by molar-refractivity contribution is -0.137. The highest BCUT2D eigenvalue weighted by molar-refractivity contribution is 7.86. The molecule has 0 aromatic heterocycles. The van der Waals surface area contributed by atoms with Crippen molar-refractivity contribution in [2.75, 3.05) is 38.6 Å². The first-order valence-electron chi connectivity index (χ1n) is 7.51. The van der Waals surface area contributed by atoms with E-state index in [9.17, 15) is 17.6 Å². The Balaban J connectivity index is 1.68. The SMILES string of the molecule is CN(C)S(=O)(=O)N1CCC2(CC1)CN(c1cccc(F)c1)C2=O. The minimum atomic E-state index is -3.43. The van der Waals surface area contributed by atoms with Gasteiger partial charge < -0.3 is 4.90 Å². The molecule has 0 N–H and O–H groups in total. The second-order valence-corrected chi connectivity index (χ2v) is 8.48. The standard InChI is InChI=1S/C15H20FN3O3S/c1-17(2)23(21,22)18-8-6-15(7-9-18)11-19(14(15)20)13-5-3-4-12(16)10-13/h3-5,10H,6-9,11H2,1-2H3. The molecule has 0 saturated carbocycles. The Bertz CT molecular complexity index is 727. The highest BCUT2D eigenvalue weighted by Gasteiger charge is 2.54. The van der Waals surface area contributed by atoms with E-state index in [0.29, 0.717) is 38.2 Å². The summed E-state index contributed by atoms with van der Waals surface area (Å²) in [5.74, 6) is -0.409. The summed E-state index contributed by atoms with van der Waals surface area (Å²) < 4.78 is 40.1. The van der Waals surface area contributed by atoms with Gasteiger partial charge in [0, 0.05) is 39.4 Å². The molecule has 1 spiro atoms. The third-order valence-electron chi connectivity index (χ3n) is 4.75. The van der Waals surface area contributed by atoms with Crippen molar-refractivity contribution in [3.05, 3.63) is 30.1 Å². The van der Waals surface area contributed by atoms with Crippen LogP contribution in [0.2, 0.25) is 0 Å². The first kappa shape index (κ1) is 16.4. The van der Waals surface area contributed by atoms with Gasteiger partial charge in [-0.2, -0.15) is 17.0 Å². The number of anilines is 1. The molecule has 2 aliphatic heterocycles. The van der Waals surface area contributed by atoms with Crippen LogP contribution >= 0.6 is 0 Å². The molecular formula is C15H20FN3O3S. The lowest BCUT2D eigenvalue weighted by Crippen LogP contribution is -2.65. The molecule has 1 aromatic carbocycles. The number of carbonyl (C=O) groups is 1. The fourth-order valence-electron chi connectivity index (χ4n) is 3.24. The molecule has 0 radical (unpaired) electrons. The summed E-state index contributed by atoms with van der Waals surface area (Å²) in [5.41, 5.74) is 0.0638. The molecule has 2 fully saturated rings. The zero-order valence-corrected chi connectivity index (χ0v) is 14.0. The van der Waals surface area contributed by atoms with Crippen molar-refractivity contribution in [3.8, 4) is 0 Å². The smallest absolute Gasteiger partial charge is 0.281 e. The predicted molar refractivity (Wildman–Crippen MR) is 84.6 cm³/mol. The Kier molecular flexibility index (Phi) is 3.94. The number of hydrogen-bond donors (Lipinski definition) is 0. The quantitative estimate of drug-likeness (QED) is 0.773. The number of hydrogen-bond acceptors (Lipinski definition) is 3. The van der Waals surface area contributed by atoms with E-state index < -0.39 is 15.6 Å². The lowest BCUT2D eigenvalue weighted by Gasteiger charge is -2.52. The van der Waals surface area contributed by atoms with Crippen molar-refractivity contribution in [3.63, 3.8) is 0 Å². The van der Waals surface area contributed by atoms with Gasteiger partial charge in [-0.3, -0.25) is 4.79 Å². The summed E-state index contributed by atoms with van der Waals surface area (Å²) >= 11 is 0. The predicted octanol–water partition coefficient (Wildman–Crippen LogP) is 1.06. The topological polar surface area (TPSA) is 60.9 Å². The molecule has 1 amide bonds. The third-order valence-corrected chi connectivity index (χ3v) is 6.69.